The number of aromatic nitrogens is 2. The zero-order chi connectivity index (χ0) is 24.9. The van der Waals surface area contributed by atoms with Crippen LogP contribution in [0, 0.1) is 18.6 Å². The van der Waals surface area contributed by atoms with Crippen LogP contribution >= 0.6 is 0 Å². The second kappa shape index (κ2) is 8.01. The molecule has 1 aromatic heterocycles. The van der Waals surface area contributed by atoms with E-state index in [9.17, 15) is 43.5 Å². The lowest BCUT2D eigenvalue weighted by Gasteiger charge is -2.14. The summed E-state index contributed by atoms with van der Waals surface area (Å²) in [6.07, 6.45) is -9.41. The maximum Gasteiger partial charge on any atom is 0.573 e. The minimum absolute atomic E-state index is 0.120. The Kier molecular flexibility index (Phi) is 5.94. The molecule has 0 saturated carbocycles. The third kappa shape index (κ3) is 5.26. The summed E-state index contributed by atoms with van der Waals surface area (Å²) >= 11 is 0. The Morgan fingerprint density at radius 2 is 1.58 bits per heavy atom. The van der Waals surface area contributed by atoms with Crippen molar-refractivity contribution in [1.82, 2.24) is 9.78 Å². The number of aryl methyl sites for hydroxylation is 1. The number of benzene rings is 2. The van der Waals surface area contributed by atoms with Gasteiger partial charge in [0, 0.05) is 17.9 Å². The van der Waals surface area contributed by atoms with Crippen molar-refractivity contribution in [3.63, 3.8) is 0 Å². The van der Waals surface area contributed by atoms with Crippen LogP contribution in [0.4, 0.5) is 35.1 Å². The summed E-state index contributed by atoms with van der Waals surface area (Å²) in [5.41, 5.74) is -3.05. The van der Waals surface area contributed by atoms with Gasteiger partial charge in [-0.1, -0.05) is 0 Å². The number of hydrogen-bond acceptors (Lipinski definition) is 4. The van der Waals surface area contributed by atoms with Crippen LogP contribution in [0.1, 0.15) is 11.3 Å². The van der Waals surface area contributed by atoms with E-state index in [0.29, 0.717) is 29.1 Å². The van der Waals surface area contributed by atoms with Crippen LogP contribution in [0.15, 0.2) is 41.3 Å². The number of sulfone groups is 1. The van der Waals surface area contributed by atoms with Gasteiger partial charge in [0.1, 0.15) is 28.0 Å². The normalized spacial score (nSPS) is 12.8. The molecule has 0 atom stereocenters. The molecule has 0 spiro atoms. The Morgan fingerprint density at radius 3 is 2.09 bits per heavy atom. The molecule has 1 heterocycles. The fourth-order valence-corrected chi connectivity index (χ4v) is 3.65. The molecule has 0 aliphatic carbocycles. The first kappa shape index (κ1) is 24.5. The summed E-state index contributed by atoms with van der Waals surface area (Å²) in [6, 6.07) is 3.99. The molecular weight excluding hydrogens is 488 g/mol. The van der Waals surface area contributed by atoms with Gasteiger partial charge in [-0.3, -0.25) is 0 Å². The van der Waals surface area contributed by atoms with Crippen molar-refractivity contribution < 1.29 is 48.3 Å². The SMILES string of the molecule is Cc1cc(-c2cc(C(F)(F)F)nn2-c2cc(F)c(S(C)(=O)=O)cc2F)ccc1OC(F)(F)F. The first-order valence-electron chi connectivity index (χ1n) is 8.71. The number of halogens is 8. The first-order chi connectivity index (χ1) is 15.0. The highest BCUT2D eigenvalue weighted by Crippen LogP contribution is 2.36. The zero-order valence-corrected chi connectivity index (χ0v) is 17.3. The summed E-state index contributed by atoms with van der Waals surface area (Å²) in [5.74, 6) is -3.46. The van der Waals surface area contributed by atoms with Gasteiger partial charge in [0.25, 0.3) is 0 Å². The minimum atomic E-state index is -5.01. The molecule has 0 aliphatic heterocycles. The molecule has 0 fully saturated rings. The van der Waals surface area contributed by atoms with Crippen molar-refractivity contribution in [2.24, 2.45) is 0 Å². The minimum Gasteiger partial charge on any atom is -0.406 e. The Bertz CT molecular complexity index is 1330. The monoisotopic (exact) mass is 500 g/mol. The summed E-state index contributed by atoms with van der Waals surface area (Å²) in [7, 11) is -4.19. The number of nitrogens with zero attached hydrogens (tertiary/aromatic N) is 2. The van der Waals surface area contributed by atoms with E-state index < -0.39 is 61.7 Å². The fourth-order valence-electron chi connectivity index (χ4n) is 2.92. The van der Waals surface area contributed by atoms with Gasteiger partial charge in [0.2, 0.25) is 0 Å². The van der Waals surface area contributed by atoms with Crippen LogP contribution < -0.4 is 4.74 Å². The standard InChI is InChI=1S/C19H12F8N2O3S/c1-9-5-10(3-4-15(9)32-19(25,26)27)13-8-17(18(22,23)24)28-29(13)14-6-12(21)16(7-11(14)20)33(2,30)31/h3-8H,1-2H3. The van der Waals surface area contributed by atoms with E-state index in [1.54, 1.807) is 0 Å². The molecule has 3 aromatic rings. The second-order valence-electron chi connectivity index (χ2n) is 6.86. The third-order valence-electron chi connectivity index (χ3n) is 4.33. The smallest absolute Gasteiger partial charge is 0.406 e. The van der Waals surface area contributed by atoms with Crippen LogP contribution in [0.3, 0.4) is 0 Å². The van der Waals surface area contributed by atoms with Gasteiger partial charge in [0.15, 0.2) is 15.5 Å². The quantitative estimate of drug-likeness (QED) is 0.448. The van der Waals surface area contributed by atoms with Gasteiger partial charge >= 0.3 is 12.5 Å². The molecule has 2 aromatic carbocycles. The molecule has 0 aliphatic rings. The van der Waals surface area contributed by atoms with Gasteiger partial charge in [-0.05, 0) is 42.8 Å². The molecule has 3 rings (SSSR count). The topological polar surface area (TPSA) is 61.2 Å². The van der Waals surface area contributed by atoms with E-state index in [2.05, 4.69) is 9.84 Å². The van der Waals surface area contributed by atoms with Crippen molar-refractivity contribution in [2.75, 3.05) is 6.26 Å². The van der Waals surface area contributed by atoms with Crippen molar-refractivity contribution in [1.29, 1.82) is 0 Å². The van der Waals surface area contributed by atoms with E-state index in [1.807, 2.05) is 0 Å². The summed E-state index contributed by atoms with van der Waals surface area (Å²) < 4.78 is 134. The first-order valence-corrected chi connectivity index (χ1v) is 10.6. The number of ether oxygens (including phenoxy) is 1. The van der Waals surface area contributed by atoms with Crippen molar-refractivity contribution in [2.45, 2.75) is 24.4 Å². The van der Waals surface area contributed by atoms with Gasteiger partial charge < -0.3 is 4.74 Å². The third-order valence-corrected chi connectivity index (χ3v) is 5.44. The summed E-state index contributed by atoms with van der Waals surface area (Å²) in [6.45, 7) is 1.19. The molecule has 0 bridgehead atoms. The summed E-state index contributed by atoms with van der Waals surface area (Å²) in [4.78, 5) is -1.02. The van der Waals surface area contributed by atoms with Crippen LogP contribution in [0.2, 0.25) is 0 Å². The van der Waals surface area contributed by atoms with Gasteiger partial charge in [0.05, 0.1) is 5.69 Å². The van der Waals surface area contributed by atoms with Crippen LogP contribution in [-0.4, -0.2) is 30.8 Å². The number of hydrogen-bond donors (Lipinski definition) is 0. The van der Waals surface area contributed by atoms with Gasteiger partial charge in [-0.2, -0.15) is 18.3 Å². The molecule has 0 N–H and O–H groups in total. The Balaban J connectivity index is 2.23. The molecule has 0 unspecified atom stereocenters. The molecule has 0 saturated heterocycles. The molecule has 0 amide bonds. The average molecular weight is 500 g/mol. The van der Waals surface area contributed by atoms with E-state index >= 15 is 0 Å². The predicted octanol–water partition coefficient (Wildman–Crippen LogP) is 5.45. The lowest BCUT2D eigenvalue weighted by Crippen LogP contribution is -2.17. The highest BCUT2D eigenvalue weighted by atomic mass is 32.2. The Labute approximate surface area is 181 Å². The molecular formula is C19H12F8N2O3S. The Morgan fingerprint density at radius 1 is 0.939 bits per heavy atom. The number of rotatable bonds is 4. The van der Waals surface area contributed by atoms with Crippen molar-refractivity contribution in [3.8, 4) is 22.7 Å². The Hall–Kier alpha value is -3.16. The zero-order valence-electron chi connectivity index (χ0n) is 16.5. The van der Waals surface area contributed by atoms with Gasteiger partial charge in [-0.15, -0.1) is 13.2 Å². The second-order valence-corrected chi connectivity index (χ2v) is 8.84. The van der Waals surface area contributed by atoms with E-state index in [0.717, 1.165) is 18.2 Å². The molecule has 33 heavy (non-hydrogen) atoms. The maximum absolute atomic E-state index is 14.7. The van der Waals surface area contributed by atoms with E-state index in [4.69, 9.17) is 0 Å². The van der Waals surface area contributed by atoms with Crippen molar-refractivity contribution >= 4 is 9.84 Å². The van der Waals surface area contributed by atoms with E-state index in [1.165, 1.54) is 6.92 Å². The van der Waals surface area contributed by atoms with Crippen LogP contribution in [0.25, 0.3) is 16.9 Å². The highest BCUT2D eigenvalue weighted by Gasteiger charge is 2.36. The predicted molar refractivity (Wildman–Crippen MR) is 98.4 cm³/mol. The van der Waals surface area contributed by atoms with Crippen LogP contribution in [-0.2, 0) is 16.0 Å². The highest BCUT2D eigenvalue weighted by molar-refractivity contribution is 7.90. The molecule has 0 radical (unpaired) electrons. The van der Waals surface area contributed by atoms with Crippen LogP contribution in [0.5, 0.6) is 5.75 Å². The number of alkyl halides is 6. The maximum atomic E-state index is 14.7. The molecule has 178 valence electrons. The lowest BCUT2D eigenvalue weighted by molar-refractivity contribution is -0.274. The lowest BCUT2D eigenvalue weighted by atomic mass is 10.1. The molecule has 5 nitrogen and oxygen atoms in total. The van der Waals surface area contributed by atoms with Crippen molar-refractivity contribution in [3.05, 3.63) is 59.3 Å². The van der Waals surface area contributed by atoms with E-state index in [-0.39, 0.29) is 11.1 Å². The van der Waals surface area contributed by atoms with Gasteiger partial charge in [-0.25, -0.2) is 21.9 Å². The molecule has 14 heteroatoms. The fraction of sp³-hybridized carbons (Fsp3) is 0.211. The summed E-state index contributed by atoms with van der Waals surface area (Å²) in [5, 5.41) is 3.26. The largest absolute Gasteiger partial charge is 0.573 e. The average Bonchev–Trinajstić information content (AvgIpc) is 3.08.